The van der Waals surface area contributed by atoms with Crippen molar-refractivity contribution in [2.24, 2.45) is 0 Å². The predicted octanol–water partition coefficient (Wildman–Crippen LogP) is 3.15. The quantitative estimate of drug-likeness (QED) is 0.773. The Morgan fingerprint density at radius 1 is 1.15 bits per heavy atom. The van der Waals surface area contributed by atoms with Crippen LogP contribution >= 0.6 is 0 Å². The van der Waals surface area contributed by atoms with Gasteiger partial charge in [0.05, 0.1) is 17.4 Å². The van der Waals surface area contributed by atoms with Crippen LogP contribution in [-0.2, 0) is 0 Å². The van der Waals surface area contributed by atoms with Gasteiger partial charge in [0.25, 0.3) is 5.91 Å². The fraction of sp³-hybridized carbons (Fsp3) is 0.125. The number of aromatic nitrogens is 2. The van der Waals surface area contributed by atoms with Gasteiger partial charge in [0.15, 0.2) is 0 Å². The van der Waals surface area contributed by atoms with Crippen LogP contribution in [0.25, 0.3) is 11.0 Å². The van der Waals surface area contributed by atoms with Crippen molar-refractivity contribution in [3.05, 3.63) is 59.9 Å². The van der Waals surface area contributed by atoms with Crippen LogP contribution in [0, 0.1) is 6.92 Å². The summed E-state index contributed by atoms with van der Waals surface area (Å²) >= 11 is 0. The highest BCUT2D eigenvalue weighted by Crippen LogP contribution is 2.18. The summed E-state index contributed by atoms with van der Waals surface area (Å²) in [6, 6.07) is 13.4. The van der Waals surface area contributed by atoms with Gasteiger partial charge in [-0.1, -0.05) is 17.7 Å². The van der Waals surface area contributed by atoms with E-state index in [9.17, 15) is 4.79 Å². The van der Waals surface area contributed by atoms with Crippen molar-refractivity contribution >= 4 is 22.6 Å². The van der Waals surface area contributed by atoms with Crippen molar-refractivity contribution < 1.29 is 4.79 Å². The highest BCUT2D eigenvalue weighted by molar-refractivity contribution is 6.07. The largest absolute Gasteiger partial charge is 0.345 e. The number of nitrogens with one attached hydrogen (secondary N) is 1. The summed E-state index contributed by atoms with van der Waals surface area (Å²) in [5.41, 5.74) is 4.43. The minimum atomic E-state index is -0.0367. The van der Waals surface area contributed by atoms with Crippen LogP contribution in [0.15, 0.2) is 48.8 Å². The molecule has 1 aromatic heterocycles. The van der Waals surface area contributed by atoms with Gasteiger partial charge < -0.3 is 9.88 Å². The maximum Gasteiger partial charge on any atom is 0.258 e. The normalized spacial score (nSPS) is 10.7. The molecule has 0 unspecified atom stereocenters. The van der Waals surface area contributed by atoms with E-state index in [0.29, 0.717) is 5.56 Å². The van der Waals surface area contributed by atoms with E-state index in [2.05, 4.69) is 9.97 Å². The van der Waals surface area contributed by atoms with Crippen LogP contribution in [0.3, 0.4) is 0 Å². The fourth-order valence-corrected chi connectivity index (χ4v) is 2.15. The van der Waals surface area contributed by atoms with Crippen molar-refractivity contribution in [1.29, 1.82) is 0 Å². The number of amides is 1. The molecule has 1 N–H and O–H groups in total. The highest BCUT2D eigenvalue weighted by Gasteiger charge is 2.14. The van der Waals surface area contributed by atoms with Gasteiger partial charge in [0.2, 0.25) is 0 Å². The Hall–Kier alpha value is -2.62. The zero-order valence-corrected chi connectivity index (χ0v) is 11.4. The third-order valence-electron chi connectivity index (χ3n) is 3.39. The molecule has 4 nitrogen and oxygen atoms in total. The molecular weight excluding hydrogens is 250 g/mol. The van der Waals surface area contributed by atoms with Crippen LogP contribution in [-0.4, -0.2) is 22.9 Å². The molecule has 0 atom stereocenters. The standard InChI is InChI=1S/C16H15N3O/c1-11-3-6-13(7-4-11)19(2)16(20)12-5-8-14-15(9-12)18-10-17-14/h3-10H,1-2H3,(H,17,18). The number of hydrogen-bond donors (Lipinski definition) is 1. The molecule has 20 heavy (non-hydrogen) atoms. The minimum absolute atomic E-state index is 0.0367. The molecule has 1 heterocycles. The van der Waals surface area contributed by atoms with Crippen molar-refractivity contribution in [1.82, 2.24) is 9.97 Å². The molecule has 0 bridgehead atoms. The maximum absolute atomic E-state index is 12.5. The Kier molecular flexibility index (Phi) is 2.99. The monoisotopic (exact) mass is 265 g/mol. The van der Waals surface area contributed by atoms with Gasteiger partial charge in [-0.3, -0.25) is 4.79 Å². The first-order valence-corrected chi connectivity index (χ1v) is 6.43. The lowest BCUT2D eigenvalue weighted by Gasteiger charge is -2.17. The van der Waals surface area contributed by atoms with Crippen molar-refractivity contribution in [2.75, 3.05) is 11.9 Å². The molecule has 3 rings (SSSR count). The Balaban J connectivity index is 1.92. The first kappa shape index (κ1) is 12.4. The smallest absolute Gasteiger partial charge is 0.258 e. The van der Waals surface area contributed by atoms with Crippen LogP contribution in [0.2, 0.25) is 0 Å². The molecule has 2 aromatic carbocycles. The van der Waals surface area contributed by atoms with E-state index in [1.807, 2.05) is 43.3 Å². The molecule has 0 fully saturated rings. The lowest BCUT2D eigenvalue weighted by molar-refractivity contribution is 0.0993. The van der Waals surface area contributed by atoms with E-state index < -0.39 is 0 Å². The van der Waals surface area contributed by atoms with Crippen molar-refractivity contribution in [3.63, 3.8) is 0 Å². The summed E-state index contributed by atoms with van der Waals surface area (Å²) in [6.45, 7) is 2.03. The number of H-pyrrole nitrogens is 1. The van der Waals surface area contributed by atoms with Crippen LogP contribution in [0.5, 0.6) is 0 Å². The Morgan fingerprint density at radius 2 is 1.90 bits per heavy atom. The molecule has 0 aliphatic carbocycles. The molecule has 0 saturated heterocycles. The Labute approximate surface area is 117 Å². The number of carbonyl (C=O) groups is 1. The second kappa shape index (κ2) is 4.81. The van der Waals surface area contributed by atoms with Crippen LogP contribution < -0.4 is 4.90 Å². The number of aromatic amines is 1. The Morgan fingerprint density at radius 3 is 2.65 bits per heavy atom. The topological polar surface area (TPSA) is 49.0 Å². The average Bonchev–Trinajstić information content (AvgIpc) is 2.94. The molecule has 0 spiro atoms. The van der Waals surface area contributed by atoms with Gasteiger partial charge in [-0.15, -0.1) is 0 Å². The van der Waals surface area contributed by atoms with E-state index >= 15 is 0 Å². The number of imidazole rings is 1. The zero-order valence-electron chi connectivity index (χ0n) is 11.4. The number of rotatable bonds is 2. The first-order valence-electron chi connectivity index (χ1n) is 6.43. The van der Waals surface area contributed by atoms with E-state index in [1.54, 1.807) is 24.3 Å². The van der Waals surface area contributed by atoms with Crippen LogP contribution in [0.1, 0.15) is 15.9 Å². The summed E-state index contributed by atoms with van der Waals surface area (Å²) in [5, 5.41) is 0. The zero-order chi connectivity index (χ0) is 14.1. The van der Waals surface area contributed by atoms with E-state index in [0.717, 1.165) is 16.7 Å². The number of fused-ring (bicyclic) bond motifs is 1. The van der Waals surface area contributed by atoms with Gasteiger partial charge in [0, 0.05) is 18.3 Å². The molecule has 0 radical (unpaired) electrons. The number of anilines is 1. The van der Waals surface area contributed by atoms with Gasteiger partial charge in [-0.25, -0.2) is 4.98 Å². The van der Waals surface area contributed by atoms with Crippen LogP contribution in [0.4, 0.5) is 5.69 Å². The summed E-state index contributed by atoms with van der Waals surface area (Å²) in [4.78, 5) is 21.3. The number of benzene rings is 2. The predicted molar refractivity (Wildman–Crippen MR) is 80.0 cm³/mol. The third-order valence-corrected chi connectivity index (χ3v) is 3.39. The Bertz CT molecular complexity index is 759. The molecule has 1 amide bonds. The average molecular weight is 265 g/mol. The number of nitrogens with zero attached hydrogens (tertiary/aromatic N) is 2. The van der Waals surface area contributed by atoms with E-state index in [1.165, 1.54) is 5.56 Å². The SMILES string of the molecule is Cc1ccc(N(C)C(=O)c2ccc3nc[nH]c3c2)cc1. The molecule has 0 aliphatic heterocycles. The van der Waals surface area contributed by atoms with Crippen molar-refractivity contribution in [3.8, 4) is 0 Å². The lowest BCUT2D eigenvalue weighted by Crippen LogP contribution is -2.26. The fourth-order valence-electron chi connectivity index (χ4n) is 2.15. The van der Waals surface area contributed by atoms with Crippen molar-refractivity contribution in [2.45, 2.75) is 6.92 Å². The van der Waals surface area contributed by atoms with Gasteiger partial charge in [-0.05, 0) is 37.3 Å². The maximum atomic E-state index is 12.5. The number of hydrogen-bond acceptors (Lipinski definition) is 2. The summed E-state index contributed by atoms with van der Waals surface area (Å²) in [6.07, 6.45) is 1.63. The summed E-state index contributed by atoms with van der Waals surface area (Å²) in [5.74, 6) is -0.0367. The molecule has 4 heteroatoms. The summed E-state index contributed by atoms with van der Waals surface area (Å²) < 4.78 is 0. The van der Waals surface area contributed by atoms with Gasteiger partial charge in [0.1, 0.15) is 0 Å². The minimum Gasteiger partial charge on any atom is -0.345 e. The number of aryl methyl sites for hydroxylation is 1. The second-order valence-corrected chi connectivity index (χ2v) is 4.83. The molecular formula is C16H15N3O. The molecule has 0 aliphatic rings. The van der Waals surface area contributed by atoms with Gasteiger partial charge in [-0.2, -0.15) is 0 Å². The third kappa shape index (κ3) is 2.16. The van der Waals surface area contributed by atoms with E-state index in [4.69, 9.17) is 0 Å². The summed E-state index contributed by atoms with van der Waals surface area (Å²) in [7, 11) is 1.78. The first-order chi connectivity index (χ1) is 9.65. The molecule has 3 aromatic rings. The van der Waals surface area contributed by atoms with E-state index in [-0.39, 0.29) is 5.91 Å². The van der Waals surface area contributed by atoms with Gasteiger partial charge >= 0.3 is 0 Å². The lowest BCUT2D eigenvalue weighted by atomic mass is 10.1. The number of carbonyl (C=O) groups excluding carboxylic acids is 1. The highest BCUT2D eigenvalue weighted by atomic mass is 16.2. The molecule has 0 saturated carbocycles. The molecule has 100 valence electrons. The second-order valence-electron chi connectivity index (χ2n) is 4.83.